The lowest BCUT2D eigenvalue weighted by atomic mass is 9.94. The summed E-state index contributed by atoms with van der Waals surface area (Å²) in [7, 11) is 0. The third kappa shape index (κ3) is 33.3. The maximum atomic E-state index is 13.3. The molecule has 0 saturated carbocycles. The summed E-state index contributed by atoms with van der Waals surface area (Å²) in [5.74, 6) is 0.426. The first-order chi connectivity index (χ1) is 25.4. The van der Waals surface area contributed by atoms with Crippen LogP contribution in [0.2, 0.25) is 0 Å². The Morgan fingerprint density at radius 3 is 1.48 bits per heavy atom. The van der Waals surface area contributed by atoms with E-state index in [9.17, 15) is 14.4 Å². The first-order valence-electron chi connectivity index (χ1n) is 22.3. The van der Waals surface area contributed by atoms with Crippen molar-refractivity contribution in [1.29, 1.82) is 0 Å². The highest BCUT2D eigenvalue weighted by molar-refractivity contribution is 8.13. The van der Waals surface area contributed by atoms with E-state index in [1.807, 2.05) is 0 Å². The Morgan fingerprint density at radius 1 is 0.519 bits per heavy atom. The minimum atomic E-state index is -0.262. The van der Waals surface area contributed by atoms with Crippen molar-refractivity contribution in [2.24, 2.45) is 11.8 Å². The number of carbonyl (C=O) groups excluding carboxylic acids is 3. The van der Waals surface area contributed by atoms with Crippen molar-refractivity contribution in [2.75, 3.05) is 45.2 Å². The molecule has 0 aromatic carbocycles. The molecule has 0 aromatic rings. The van der Waals surface area contributed by atoms with Crippen molar-refractivity contribution in [3.05, 3.63) is 0 Å². The SMILES string of the molecule is CCCCCCCCCCCC(=O)OCCC(CCOC(=O)C(CCCCCCCC)CCCCCCCC)COC(=O)SCCCN(CC)CC. The van der Waals surface area contributed by atoms with Crippen LogP contribution in [0.1, 0.15) is 208 Å². The zero-order chi connectivity index (χ0) is 38.3. The van der Waals surface area contributed by atoms with Gasteiger partial charge in [0.1, 0.15) is 0 Å². The minimum absolute atomic E-state index is 0.0379. The molecule has 308 valence electrons. The Kier molecular flexibility index (Phi) is 38.4. The van der Waals surface area contributed by atoms with Gasteiger partial charge in [-0.15, -0.1) is 0 Å². The Bertz CT molecular complexity index is 792. The van der Waals surface area contributed by atoms with Gasteiger partial charge in [0.15, 0.2) is 0 Å². The van der Waals surface area contributed by atoms with Gasteiger partial charge in [0.25, 0.3) is 0 Å². The van der Waals surface area contributed by atoms with E-state index in [1.54, 1.807) is 0 Å². The number of unbranched alkanes of at least 4 members (excludes halogenated alkanes) is 18. The maximum Gasteiger partial charge on any atom is 0.367 e. The van der Waals surface area contributed by atoms with Gasteiger partial charge < -0.3 is 19.1 Å². The molecule has 0 amide bonds. The zero-order valence-corrected chi connectivity index (χ0v) is 35.8. The van der Waals surface area contributed by atoms with Gasteiger partial charge in [-0.25, -0.2) is 4.79 Å². The van der Waals surface area contributed by atoms with E-state index in [1.165, 1.54) is 121 Å². The van der Waals surface area contributed by atoms with Crippen molar-refractivity contribution in [3.8, 4) is 0 Å². The Morgan fingerprint density at radius 2 is 0.981 bits per heavy atom. The van der Waals surface area contributed by atoms with E-state index in [0.717, 1.165) is 70.3 Å². The van der Waals surface area contributed by atoms with Gasteiger partial charge >= 0.3 is 17.2 Å². The Labute approximate surface area is 326 Å². The number of esters is 2. The highest BCUT2D eigenvalue weighted by atomic mass is 32.2. The van der Waals surface area contributed by atoms with Crippen LogP contribution in [-0.4, -0.2) is 67.3 Å². The molecule has 0 aromatic heterocycles. The summed E-state index contributed by atoms with van der Waals surface area (Å²) >= 11 is 1.23. The third-order valence-corrected chi connectivity index (χ3v) is 11.2. The van der Waals surface area contributed by atoms with Crippen LogP contribution in [0, 0.1) is 11.8 Å². The molecule has 0 aliphatic rings. The van der Waals surface area contributed by atoms with E-state index in [0.29, 0.717) is 32.5 Å². The number of hydrogen-bond acceptors (Lipinski definition) is 8. The Balaban J connectivity index is 4.88. The molecule has 0 bridgehead atoms. The first-order valence-corrected chi connectivity index (χ1v) is 23.2. The van der Waals surface area contributed by atoms with Gasteiger partial charge in [-0.1, -0.05) is 163 Å². The van der Waals surface area contributed by atoms with Crippen LogP contribution in [0.25, 0.3) is 0 Å². The topological polar surface area (TPSA) is 82.1 Å². The van der Waals surface area contributed by atoms with Gasteiger partial charge in [-0.3, -0.25) is 9.59 Å². The molecule has 7 nitrogen and oxygen atoms in total. The molecule has 0 aliphatic heterocycles. The molecule has 0 saturated heterocycles. The zero-order valence-electron chi connectivity index (χ0n) is 35.0. The van der Waals surface area contributed by atoms with E-state index < -0.39 is 0 Å². The molecule has 0 radical (unpaired) electrons. The lowest BCUT2D eigenvalue weighted by molar-refractivity contribution is -0.149. The molecule has 0 fully saturated rings. The van der Waals surface area contributed by atoms with Crippen molar-refractivity contribution in [3.63, 3.8) is 0 Å². The number of nitrogens with zero attached hydrogens (tertiary/aromatic N) is 1. The number of thioether (sulfide) groups is 1. The van der Waals surface area contributed by atoms with Gasteiger partial charge in [-0.05, 0) is 75.8 Å². The second kappa shape index (κ2) is 39.4. The largest absolute Gasteiger partial charge is 0.466 e. The fraction of sp³-hybridized carbons (Fsp3) is 0.932. The number of rotatable bonds is 39. The van der Waals surface area contributed by atoms with Crippen LogP contribution in [0.4, 0.5) is 4.79 Å². The molecule has 8 heteroatoms. The van der Waals surface area contributed by atoms with Crippen LogP contribution in [-0.2, 0) is 23.8 Å². The van der Waals surface area contributed by atoms with Crippen LogP contribution >= 0.6 is 11.8 Å². The summed E-state index contributed by atoms with van der Waals surface area (Å²) in [6.45, 7) is 14.9. The van der Waals surface area contributed by atoms with Crippen LogP contribution in [0.3, 0.4) is 0 Å². The minimum Gasteiger partial charge on any atom is -0.466 e. The molecule has 52 heavy (non-hydrogen) atoms. The molecule has 1 unspecified atom stereocenters. The summed E-state index contributed by atoms with van der Waals surface area (Å²) in [5.41, 5.74) is 0. The van der Waals surface area contributed by atoms with Crippen molar-refractivity contribution in [2.45, 2.75) is 208 Å². The lowest BCUT2D eigenvalue weighted by Crippen LogP contribution is -2.24. The summed E-state index contributed by atoms with van der Waals surface area (Å²) in [6.07, 6.45) is 29.9. The first kappa shape index (κ1) is 50.7. The van der Waals surface area contributed by atoms with Gasteiger partial charge in [-0.2, -0.15) is 0 Å². The predicted molar refractivity (Wildman–Crippen MR) is 222 cm³/mol. The predicted octanol–water partition coefficient (Wildman–Crippen LogP) is 13.1. The molecule has 1 atom stereocenters. The van der Waals surface area contributed by atoms with Crippen molar-refractivity contribution < 1.29 is 28.6 Å². The van der Waals surface area contributed by atoms with Crippen molar-refractivity contribution in [1.82, 2.24) is 4.90 Å². The summed E-state index contributed by atoms with van der Waals surface area (Å²) in [4.78, 5) is 40.7. The third-order valence-electron chi connectivity index (χ3n) is 10.4. The molecular weight excluding hydrogens is 671 g/mol. The fourth-order valence-corrected chi connectivity index (χ4v) is 7.27. The Hall–Kier alpha value is -1.28. The van der Waals surface area contributed by atoms with Gasteiger partial charge in [0, 0.05) is 12.2 Å². The van der Waals surface area contributed by atoms with E-state index in [2.05, 4.69) is 39.5 Å². The summed E-state index contributed by atoms with van der Waals surface area (Å²) < 4.78 is 17.2. The molecule has 0 N–H and O–H groups in total. The highest BCUT2D eigenvalue weighted by Gasteiger charge is 2.21. The summed E-state index contributed by atoms with van der Waals surface area (Å²) in [6, 6.07) is 0. The molecular formula is C44H85NO6S. The average Bonchev–Trinajstić information content (AvgIpc) is 3.14. The van der Waals surface area contributed by atoms with E-state index in [4.69, 9.17) is 14.2 Å². The smallest absolute Gasteiger partial charge is 0.367 e. The number of hydrogen-bond donors (Lipinski definition) is 0. The molecule has 0 spiro atoms. The van der Waals surface area contributed by atoms with Gasteiger partial charge in [0.05, 0.1) is 25.7 Å². The second-order valence-corrected chi connectivity index (χ2v) is 16.0. The molecule has 0 heterocycles. The maximum absolute atomic E-state index is 13.3. The quantitative estimate of drug-likeness (QED) is 0.0348. The van der Waals surface area contributed by atoms with E-state index in [-0.39, 0.29) is 35.7 Å². The number of carbonyl (C=O) groups is 3. The fourth-order valence-electron chi connectivity index (χ4n) is 6.68. The average molecular weight is 756 g/mol. The highest BCUT2D eigenvalue weighted by Crippen LogP contribution is 2.22. The van der Waals surface area contributed by atoms with Crippen molar-refractivity contribution >= 4 is 29.0 Å². The van der Waals surface area contributed by atoms with Crippen LogP contribution in [0.5, 0.6) is 0 Å². The normalized spacial score (nSPS) is 12.1. The van der Waals surface area contributed by atoms with Gasteiger partial charge in [0.2, 0.25) is 0 Å². The van der Waals surface area contributed by atoms with Crippen LogP contribution < -0.4 is 0 Å². The number of ether oxygens (including phenoxy) is 3. The molecule has 0 aliphatic carbocycles. The summed E-state index contributed by atoms with van der Waals surface area (Å²) in [5, 5.41) is -0.262. The van der Waals surface area contributed by atoms with E-state index >= 15 is 0 Å². The van der Waals surface area contributed by atoms with Crippen LogP contribution in [0.15, 0.2) is 0 Å². The standard InChI is InChI=1S/C44H85NO6S/c1-6-11-14-17-20-21-22-25-28-32-42(46)49-36-33-40(39-51-44(48)52-38-29-35-45(9-4)10-5)34-37-50-43(47)41(30-26-23-18-15-12-7-2)31-27-24-19-16-13-8-3/h40-41H,6-39H2,1-5H3. The monoisotopic (exact) mass is 756 g/mol. The second-order valence-electron chi connectivity index (χ2n) is 15.0. The lowest BCUT2D eigenvalue weighted by Gasteiger charge is -2.20. The molecule has 0 rings (SSSR count).